The van der Waals surface area contributed by atoms with Crippen LogP contribution in [0.4, 0.5) is 10.8 Å². The molecule has 2 N–H and O–H groups in total. The molecule has 0 radical (unpaired) electrons. The van der Waals surface area contributed by atoms with E-state index in [4.69, 9.17) is 11.6 Å². The first-order valence-electron chi connectivity index (χ1n) is 8.89. The predicted octanol–water partition coefficient (Wildman–Crippen LogP) is 4.59. The number of hydrogen-bond acceptors (Lipinski definition) is 6. The smallest absolute Gasteiger partial charge is 0.291 e. The Kier molecular flexibility index (Phi) is 6.83. The average molecular weight is 451 g/mol. The van der Waals surface area contributed by atoms with Gasteiger partial charge in [0.2, 0.25) is 5.13 Å². The summed E-state index contributed by atoms with van der Waals surface area (Å²) in [6.07, 6.45) is 3.14. The van der Waals surface area contributed by atoms with Crippen molar-refractivity contribution in [2.24, 2.45) is 0 Å². The van der Waals surface area contributed by atoms with E-state index in [2.05, 4.69) is 27.2 Å². The van der Waals surface area contributed by atoms with Crippen molar-refractivity contribution in [2.45, 2.75) is 30.5 Å². The van der Waals surface area contributed by atoms with Crippen molar-refractivity contribution in [3.8, 4) is 0 Å². The third kappa shape index (κ3) is 5.75. The van der Waals surface area contributed by atoms with E-state index in [-0.39, 0.29) is 9.47 Å². The lowest BCUT2D eigenvalue weighted by Gasteiger charge is -2.06. The fraction of sp³-hybridized carbons (Fsp3) is 0.211. The molecule has 152 valence electrons. The number of aryl methyl sites for hydroxylation is 1. The van der Waals surface area contributed by atoms with Gasteiger partial charge < -0.3 is 0 Å². The molecule has 0 bridgehead atoms. The Morgan fingerprint density at radius 3 is 2.41 bits per heavy atom. The molecule has 0 aliphatic heterocycles. The van der Waals surface area contributed by atoms with Crippen LogP contribution in [0.1, 0.15) is 35.7 Å². The SMILES string of the molecule is CCCCc1ccc(NS(=O)(=O)c2nnc(NC(=O)c3ccc(Cl)cc3)s2)cc1. The van der Waals surface area contributed by atoms with Crippen LogP contribution in [0.15, 0.2) is 52.9 Å². The van der Waals surface area contributed by atoms with Gasteiger partial charge in [0, 0.05) is 16.3 Å². The van der Waals surface area contributed by atoms with Crippen LogP contribution < -0.4 is 10.0 Å². The normalized spacial score (nSPS) is 11.2. The number of nitrogens with one attached hydrogen (secondary N) is 2. The van der Waals surface area contributed by atoms with Crippen LogP contribution in [0, 0.1) is 0 Å². The molecule has 3 aromatic rings. The van der Waals surface area contributed by atoms with E-state index in [1.54, 1.807) is 36.4 Å². The zero-order chi connectivity index (χ0) is 20.9. The Bertz CT molecular complexity index is 1080. The van der Waals surface area contributed by atoms with Gasteiger partial charge in [-0.25, -0.2) is 0 Å². The molecule has 2 aromatic carbocycles. The summed E-state index contributed by atoms with van der Waals surface area (Å²) in [6.45, 7) is 2.12. The largest absolute Gasteiger partial charge is 0.296 e. The molecule has 3 rings (SSSR count). The molecule has 1 aromatic heterocycles. The first-order chi connectivity index (χ1) is 13.9. The molecule has 29 heavy (non-hydrogen) atoms. The van der Waals surface area contributed by atoms with Gasteiger partial charge in [0.25, 0.3) is 20.3 Å². The Balaban J connectivity index is 1.66. The lowest BCUT2D eigenvalue weighted by molar-refractivity contribution is 0.102. The lowest BCUT2D eigenvalue weighted by Crippen LogP contribution is -2.12. The van der Waals surface area contributed by atoms with Crippen molar-refractivity contribution < 1.29 is 13.2 Å². The highest BCUT2D eigenvalue weighted by atomic mass is 35.5. The second-order valence-electron chi connectivity index (χ2n) is 6.24. The standard InChI is InChI=1S/C19H19ClN4O3S2/c1-2-3-4-13-5-11-16(12-6-13)24-29(26,27)19-23-22-18(28-19)21-17(25)14-7-9-15(20)10-8-14/h5-12,24H,2-4H2,1H3,(H,21,22,25). The highest BCUT2D eigenvalue weighted by Gasteiger charge is 2.21. The minimum atomic E-state index is -3.90. The highest BCUT2D eigenvalue weighted by Crippen LogP contribution is 2.23. The second kappa shape index (κ2) is 9.34. The number of anilines is 2. The van der Waals surface area contributed by atoms with E-state index in [1.165, 1.54) is 0 Å². The molecular formula is C19H19ClN4O3S2. The molecule has 0 aliphatic rings. The monoisotopic (exact) mass is 450 g/mol. The van der Waals surface area contributed by atoms with E-state index in [0.29, 0.717) is 16.3 Å². The average Bonchev–Trinajstić information content (AvgIpc) is 3.17. The Morgan fingerprint density at radius 2 is 1.76 bits per heavy atom. The van der Waals surface area contributed by atoms with Crippen molar-refractivity contribution in [3.05, 3.63) is 64.7 Å². The summed E-state index contributed by atoms with van der Waals surface area (Å²) in [5.41, 5.74) is 1.96. The van der Waals surface area contributed by atoms with Crippen molar-refractivity contribution in [1.82, 2.24) is 10.2 Å². The van der Waals surface area contributed by atoms with Crippen molar-refractivity contribution in [3.63, 3.8) is 0 Å². The maximum atomic E-state index is 12.5. The second-order valence-corrected chi connectivity index (χ2v) is 9.51. The number of halogens is 1. The summed E-state index contributed by atoms with van der Waals surface area (Å²) in [6, 6.07) is 13.5. The summed E-state index contributed by atoms with van der Waals surface area (Å²) in [5, 5.41) is 10.6. The van der Waals surface area contributed by atoms with Gasteiger partial charge in [0.15, 0.2) is 0 Å². The molecule has 0 unspecified atom stereocenters. The maximum Gasteiger partial charge on any atom is 0.291 e. The number of unbranched alkanes of at least 4 members (excludes halogenated alkanes) is 1. The summed E-state index contributed by atoms with van der Waals surface area (Å²) in [4.78, 5) is 12.2. The van der Waals surface area contributed by atoms with Gasteiger partial charge in [-0.15, -0.1) is 10.2 Å². The van der Waals surface area contributed by atoms with E-state index in [9.17, 15) is 13.2 Å². The van der Waals surface area contributed by atoms with Gasteiger partial charge in [-0.2, -0.15) is 8.42 Å². The maximum absolute atomic E-state index is 12.5. The molecule has 0 saturated carbocycles. The van der Waals surface area contributed by atoms with Crippen LogP contribution in [0.5, 0.6) is 0 Å². The Morgan fingerprint density at radius 1 is 1.07 bits per heavy atom. The number of hydrogen-bond donors (Lipinski definition) is 2. The van der Waals surface area contributed by atoms with Gasteiger partial charge in [-0.1, -0.05) is 48.4 Å². The van der Waals surface area contributed by atoms with Crippen molar-refractivity contribution in [1.29, 1.82) is 0 Å². The highest BCUT2D eigenvalue weighted by molar-refractivity contribution is 7.94. The molecule has 10 heteroatoms. The molecular weight excluding hydrogens is 432 g/mol. The molecule has 0 spiro atoms. The zero-order valence-corrected chi connectivity index (χ0v) is 17.9. The summed E-state index contributed by atoms with van der Waals surface area (Å²) in [7, 11) is -3.90. The van der Waals surface area contributed by atoms with Crippen LogP contribution in [-0.4, -0.2) is 24.5 Å². The first kappa shape index (κ1) is 21.2. The number of carbonyl (C=O) groups is 1. The number of rotatable bonds is 8. The molecule has 1 heterocycles. The molecule has 0 fully saturated rings. The summed E-state index contributed by atoms with van der Waals surface area (Å²) in [5.74, 6) is -0.433. The summed E-state index contributed by atoms with van der Waals surface area (Å²) >= 11 is 6.57. The minimum Gasteiger partial charge on any atom is -0.296 e. The Labute approximate surface area is 178 Å². The van der Waals surface area contributed by atoms with Crippen molar-refractivity contribution in [2.75, 3.05) is 10.0 Å². The number of sulfonamides is 1. The molecule has 7 nitrogen and oxygen atoms in total. The quantitative estimate of drug-likeness (QED) is 0.489. The van der Waals surface area contributed by atoms with E-state index < -0.39 is 15.9 Å². The fourth-order valence-corrected chi connectivity index (χ4v) is 4.54. The number of benzene rings is 2. The van der Waals surface area contributed by atoms with E-state index >= 15 is 0 Å². The van der Waals surface area contributed by atoms with Crippen LogP contribution >= 0.6 is 22.9 Å². The first-order valence-corrected chi connectivity index (χ1v) is 11.6. The van der Waals surface area contributed by atoms with Crippen LogP contribution in [0.2, 0.25) is 5.02 Å². The molecule has 0 saturated heterocycles. The Hall–Kier alpha value is -2.49. The topological polar surface area (TPSA) is 101 Å². The zero-order valence-electron chi connectivity index (χ0n) is 15.6. The lowest BCUT2D eigenvalue weighted by atomic mass is 10.1. The predicted molar refractivity (Wildman–Crippen MR) is 115 cm³/mol. The third-order valence-electron chi connectivity index (χ3n) is 3.99. The van der Waals surface area contributed by atoms with E-state index in [0.717, 1.165) is 36.2 Å². The summed E-state index contributed by atoms with van der Waals surface area (Å²) < 4.78 is 27.3. The third-order valence-corrected chi connectivity index (χ3v) is 6.83. The van der Waals surface area contributed by atoms with Crippen LogP contribution in [0.3, 0.4) is 0 Å². The van der Waals surface area contributed by atoms with Gasteiger partial charge in [-0.05, 0) is 54.8 Å². The fourth-order valence-electron chi connectivity index (χ4n) is 2.46. The molecule has 0 aliphatic carbocycles. The van der Waals surface area contributed by atoms with Gasteiger partial charge in [0.1, 0.15) is 0 Å². The van der Waals surface area contributed by atoms with Crippen LogP contribution in [0.25, 0.3) is 0 Å². The molecule has 1 amide bonds. The van der Waals surface area contributed by atoms with Gasteiger partial charge in [-0.3, -0.25) is 14.8 Å². The van der Waals surface area contributed by atoms with Crippen LogP contribution in [-0.2, 0) is 16.4 Å². The van der Waals surface area contributed by atoms with Crippen molar-refractivity contribution >= 4 is 49.7 Å². The van der Waals surface area contributed by atoms with E-state index in [1.807, 2.05) is 12.1 Å². The van der Waals surface area contributed by atoms with Gasteiger partial charge in [0.05, 0.1) is 0 Å². The number of nitrogens with zero attached hydrogens (tertiary/aromatic N) is 2. The molecule has 0 atom stereocenters. The number of carbonyl (C=O) groups excluding carboxylic acids is 1. The number of aromatic nitrogens is 2. The van der Waals surface area contributed by atoms with Gasteiger partial charge >= 0.3 is 0 Å². The number of amides is 1. The minimum absolute atomic E-state index is 0.0836.